The van der Waals surface area contributed by atoms with Crippen LogP contribution in [0, 0.1) is 26.6 Å². The Morgan fingerprint density at radius 3 is 2.41 bits per heavy atom. The molecule has 164 valence electrons. The van der Waals surface area contributed by atoms with Crippen molar-refractivity contribution < 1.29 is 14.0 Å². The van der Waals surface area contributed by atoms with E-state index in [2.05, 4.69) is 5.32 Å². The van der Waals surface area contributed by atoms with Crippen molar-refractivity contribution in [3.8, 4) is 0 Å². The molecule has 0 aromatic heterocycles. The highest BCUT2D eigenvalue weighted by molar-refractivity contribution is 7.99. The summed E-state index contributed by atoms with van der Waals surface area (Å²) in [4.78, 5) is 28.4. The van der Waals surface area contributed by atoms with E-state index >= 15 is 0 Å². The maximum Gasteiger partial charge on any atom is 0.255 e. The molecule has 0 radical (unpaired) electrons. The van der Waals surface area contributed by atoms with Crippen molar-refractivity contribution in [3.63, 3.8) is 0 Å². The van der Waals surface area contributed by atoms with E-state index < -0.39 is 11.4 Å². The molecule has 2 atom stereocenters. The molecule has 2 unspecified atom stereocenters. The highest BCUT2D eigenvalue weighted by Gasteiger charge is 2.42. The van der Waals surface area contributed by atoms with Crippen LogP contribution < -0.4 is 5.32 Å². The minimum atomic E-state index is -0.677. The number of aryl methyl sites for hydroxylation is 3. The monoisotopic (exact) mass is 448 g/mol. The minimum absolute atomic E-state index is 0.246. The molecule has 0 bridgehead atoms. The fourth-order valence-corrected chi connectivity index (χ4v) is 5.18. The van der Waals surface area contributed by atoms with Gasteiger partial charge in [0.25, 0.3) is 5.91 Å². The van der Waals surface area contributed by atoms with E-state index in [0.29, 0.717) is 22.6 Å². The molecule has 4 rings (SSSR count). The van der Waals surface area contributed by atoms with Gasteiger partial charge in [-0.05, 0) is 73.9 Å². The van der Waals surface area contributed by atoms with Crippen molar-refractivity contribution in [1.82, 2.24) is 4.90 Å². The van der Waals surface area contributed by atoms with Crippen molar-refractivity contribution >= 4 is 29.3 Å². The van der Waals surface area contributed by atoms with Crippen LogP contribution in [0.5, 0.6) is 0 Å². The number of nitrogens with zero attached hydrogens (tertiary/aromatic N) is 1. The molecule has 1 heterocycles. The molecule has 0 spiro atoms. The Morgan fingerprint density at radius 2 is 1.72 bits per heavy atom. The van der Waals surface area contributed by atoms with Gasteiger partial charge in [-0.15, -0.1) is 11.8 Å². The lowest BCUT2D eigenvalue weighted by Gasteiger charge is -2.29. The molecule has 0 saturated carbocycles. The second-order valence-corrected chi connectivity index (χ2v) is 9.24. The number of carbonyl (C=O) groups is 2. The summed E-state index contributed by atoms with van der Waals surface area (Å²) in [5.74, 6) is -0.436. The molecule has 4 nitrogen and oxygen atoms in total. The Labute approximate surface area is 191 Å². The third-order valence-electron chi connectivity index (χ3n) is 5.74. The zero-order valence-corrected chi connectivity index (χ0v) is 19.1. The van der Waals surface area contributed by atoms with Crippen molar-refractivity contribution in [1.29, 1.82) is 0 Å². The first-order valence-corrected chi connectivity index (χ1v) is 11.5. The van der Waals surface area contributed by atoms with Gasteiger partial charge in [0.1, 0.15) is 17.2 Å². The minimum Gasteiger partial charge on any atom is -0.324 e. The predicted molar refractivity (Wildman–Crippen MR) is 127 cm³/mol. The lowest BCUT2D eigenvalue weighted by molar-refractivity contribution is -0.119. The summed E-state index contributed by atoms with van der Waals surface area (Å²) in [6.07, 6.45) is 0. The van der Waals surface area contributed by atoms with Crippen LogP contribution in [0.15, 0.2) is 66.7 Å². The number of halogens is 1. The van der Waals surface area contributed by atoms with E-state index in [1.165, 1.54) is 23.9 Å². The number of rotatable bonds is 4. The number of amides is 2. The van der Waals surface area contributed by atoms with Crippen molar-refractivity contribution in [2.24, 2.45) is 0 Å². The summed E-state index contributed by atoms with van der Waals surface area (Å²) in [5.41, 5.74) is 5.12. The molecule has 1 N–H and O–H groups in total. The molecule has 1 fully saturated rings. The zero-order chi connectivity index (χ0) is 22.8. The van der Waals surface area contributed by atoms with Gasteiger partial charge in [-0.1, -0.05) is 35.9 Å². The molecule has 1 aliphatic rings. The summed E-state index contributed by atoms with van der Waals surface area (Å²) >= 11 is 1.47. The molecular formula is C26H25FN2O2S. The molecule has 6 heteroatoms. The van der Waals surface area contributed by atoms with Gasteiger partial charge in [-0.3, -0.25) is 9.59 Å². The van der Waals surface area contributed by atoms with Crippen LogP contribution in [-0.2, 0) is 4.79 Å². The number of carbonyl (C=O) groups excluding carboxylic acids is 2. The molecular weight excluding hydrogens is 423 g/mol. The van der Waals surface area contributed by atoms with Gasteiger partial charge >= 0.3 is 0 Å². The summed E-state index contributed by atoms with van der Waals surface area (Å²) in [5, 5.41) is 2.51. The van der Waals surface area contributed by atoms with Gasteiger partial charge in [-0.25, -0.2) is 4.39 Å². The van der Waals surface area contributed by atoms with Gasteiger partial charge in [0.05, 0.1) is 0 Å². The molecule has 3 aromatic rings. The zero-order valence-electron chi connectivity index (χ0n) is 18.3. The summed E-state index contributed by atoms with van der Waals surface area (Å²) in [6, 6.07) is 18.6. The number of anilines is 1. The van der Waals surface area contributed by atoms with E-state index in [4.69, 9.17) is 0 Å². The van der Waals surface area contributed by atoms with Crippen LogP contribution in [0.25, 0.3) is 0 Å². The third-order valence-corrected chi connectivity index (χ3v) is 7.07. The smallest absolute Gasteiger partial charge is 0.255 e. The summed E-state index contributed by atoms with van der Waals surface area (Å²) in [7, 11) is 0. The maximum absolute atomic E-state index is 13.9. The fraction of sp³-hybridized carbons (Fsp3) is 0.231. The van der Waals surface area contributed by atoms with E-state index in [1.54, 1.807) is 29.2 Å². The number of hydrogen-bond acceptors (Lipinski definition) is 3. The van der Waals surface area contributed by atoms with Crippen molar-refractivity contribution in [2.45, 2.75) is 32.2 Å². The van der Waals surface area contributed by atoms with Gasteiger partial charge < -0.3 is 10.2 Å². The van der Waals surface area contributed by atoms with E-state index in [0.717, 1.165) is 16.7 Å². The highest BCUT2D eigenvalue weighted by atomic mass is 32.2. The SMILES string of the molecule is Cc1ccc(C(=O)N2C(C(=O)Nc3ccc(C)c(C)c3)CSC2c2cccc(F)c2)cc1. The number of nitrogens with one attached hydrogen (secondary N) is 1. The van der Waals surface area contributed by atoms with Crippen LogP contribution in [0.2, 0.25) is 0 Å². The van der Waals surface area contributed by atoms with E-state index in [-0.39, 0.29) is 17.6 Å². The Morgan fingerprint density at radius 1 is 0.969 bits per heavy atom. The van der Waals surface area contributed by atoms with Crippen LogP contribution in [0.1, 0.15) is 38.0 Å². The molecule has 1 saturated heterocycles. The van der Waals surface area contributed by atoms with Gasteiger partial charge in [0, 0.05) is 17.0 Å². The first-order valence-electron chi connectivity index (χ1n) is 10.5. The Kier molecular flexibility index (Phi) is 6.33. The molecule has 3 aromatic carbocycles. The van der Waals surface area contributed by atoms with Crippen molar-refractivity contribution in [3.05, 3.63) is 100 Å². The fourth-order valence-electron chi connectivity index (χ4n) is 3.76. The summed E-state index contributed by atoms with van der Waals surface area (Å²) in [6.45, 7) is 5.96. The Balaban J connectivity index is 1.66. The summed E-state index contributed by atoms with van der Waals surface area (Å²) < 4.78 is 13.9. The first-order chi connectivity index (χ1) is 15.3. The second-order valence-electron chi connectivity index (χ2n) is 8.12. The Bertz CT molecular complexity index is 1160. The van der Waals surface area contributed by atoms with Crippen LogP contribution >= 0.6 is 11.8 Å². The highest BCUT2D eigenvalue weighted by Crippen LogP contribution is 2.42. The molecule has 2 amide bonds. The lowest BCUT2D eigenvalue weighted by Crippen LogP contribution is -2.45. The Hall–Kier alpha value is -3.12. The number of thioether (sulfide) groups is 1. The first kappa shape index (κ1) is 22.1. The molecule has 1 aliphatic heterocycles. The topological polar surface area (TPSA) is 49.4 Å². The largest absolute Gasteiger partial charge is 0.324 e. The quantitative estimate of drug-likeness (QED) is 0.561. The number of benzene rings is 3. The van der Waals surface area contributed by atoms with Gasteiger partial charge in [0.2, 0.25) is 5.91 Å². The van der Waals surface area contributed by atoms with Crippen molar-refractivity contribution in [2.75, 3.05) is 11.1 Å². The standard InChI is InChI=1S/C26H25FN2O2S/c1-16-7-10-19(11-8-16)25(31)29-23(15-32-26(29)20-5-4-6-21(27)14-20)24(30)28-22-12-9-17(2)18(3)13-22/h4-14,23,26H,15H2,1-3H3,(H,28,30). The van der Waals surface area contributed by atoms with Crippen LogP contribution in [0.3, 0.4) is 0 Å². The second kappa shape index (κ2) is 9.17. The average Bonchev–Trinajstić information content (AvgIpc) is 3.22. The van der Waals surface area contributed by atoms with Gasteiger partial charge in [0.15, 0.2) is 0 Å². The van der Waals surface area contributed by atoms with E-state index in [1.807, 2.05) is 51.1 Å². The van der Waals surface area contributed by atoms with E-state index in [9.17, 15) is 14.0 Å². The predicted octanol–water partition coefficient (Wildman–Crippen LogP) is 5.65. The molecule has 0 aliphatic carbocycles. The lowest BCUT2D eigenvalue weighted by atomic mass is 10.1. The average molecular weight is 449 g/mol. The van der Waals surface area contributed by atoms with Crippen LogP contribution in [0.4, 0.5) is 10.1 Å². The number of hydrogen-bond donors (Lipinski definition) is 1. The maximum atomic E-state index is 13.9. The van der Waals surface area contributed by atoms with Crippen LogP contribution in [-0.4, -0.2) is 28.5 Å². The molecule has 32 heavy (non-hydrogen) atoms. The normalized spacial score (nSPS) is 17.9. The third kappa shape index (κ3) is 4.55. The van der Waals surface area contributed by atoms with Gasteiger partial charge in [-0.2, -0.15) is 0 Å².